The van der Waals surface area contributed by atoms with Crippen LogP contribution in [0.5, 0.6) is 0 Å². The Labute approximate surface area is 155 Å². The summed E-state index contributed by atoms with van der Waals surface area (Å²) < 4.78 is 52.9. The van der Waals surface area contributed by atoms with Crippen molar-refractivity contribution < 1.29 is 16.8 Å². The summed E-state index contributed by atoms with van der Waals surface area (Å²) in [5.41, 5.74) is 0.0910. The third-order valence-electron chi connectivity index (χ3n) is 5.11. The van der Waals surface area contributed by atoms with E-state index in [-0.39, 0.29) is 27.6 Å². The van der Waals surface area contributed by atoms with Crippen molar-refractivity contribution in [1.82, 2.24) is 14.3 Å². The van der Waals surface area contributed by atoms with Crippen LogP contribution in [0.4, 0.5) is 0 Å². The molecular formula is C15H24ClN3O4S2. The topological polar surface area (TPSA) is 95.6 Å². The summed E-state index contributed by atoms with van der Waals surface area (Å²) in [7, 11) is -5.83. The molecule has 25 heavy (non-hydrogen) atoms. The molecule has 0 atom stereocenters. The van der Waals surface area contributed by atoms with Crippen LogP contribution in [0, 0.1) is 5.41 Å². The van der Waals surface area contributed by atoms with E-state index in [0.29, 0.717) is 13.1 Å². The molecule has 0 unspecified atom stereocenters. The Balaban J connectivity index is 0.00000225. The number of piperidine rings is 1. The van der Waals surface area contributed by atoms with Gasteiger partial charge in [-0.3, -0.25) is 0 Å². The fourth-order valence-corrected chi connectivity index (χ4v) is 5.81. The summed E-state index contributed by atoms with van der Waals surface area (Å²) in [5, 5.41) is 3.32. The van der Waals surface area contributed by atoms with Gasteiger partial charge in [0, 0.05) is 13.1 Å². The summed E-state index contributed by atoms with van der Waals surface area (Å²) in [6.45, 7) is 2.95. The highest BCUT2D eigenvalue weighted by Gasteiger charge is 2.43. The first-order valence-corrected chi connectivity index (χ1v) is 11.0. The van der Waals surface area contributed by atoms with Crippen LogP contribution in [0.15, 0.2) is 34.1 Å². The number of nitrogens with one attached hydrogen (secondary N) is 2. The molecule has 0 aliphatic carbocycles. The molecule has 0 aromatic heterocycles. The minimum Gasteiger partial charge on any atom is -0.317 e. The van der Waals surface area contributed by atoms with E-state index in [1.54, 1.807) is 4.31 Å². The van der Waals surface area contributed by atoms with E-state index in [1.165, 1.54) is 31.3 Å². The van der Waals surface area contributed by atoms with Crippen molar-refractivity contribution in [2.24, 2.45) is 5.41 Å². The van der Waals surface area contributed by atoms with Gasteiger partial charge in [-0.1, -0.05) is 0 Å². The van der Waals surface area contributed by atoms with Crippen LogP contribution >= 0.6 is 12.4 Å². The zero-order valence-electron chi connectivity index (χ0n) is 14.1. The molecule has 0 amide bonds. The molecule has 142 valence electrons. The van der Waals surface area contributed by atoms with Gasteiger partial charge in [0.25, 0.3) is 0 Å². The molecule has 2 aliphatic heterocycles. The van der Waals surface area contributed by atoms with E-state index in [2.05, 4.69) is 10.0 Å². The fraction of sp³-hybridized carbons (Fsp3) is 0.600. The second-order valence-electron chi connectivity index (χ2n) is 6.52. The highest BCUT2D eigenvalue weighted by atomic mass is 35.5. The van der Waals surface area contributed by atoms with Crippen LogP contribution in [0.1, 0.15) is 19.3 Å². The summed E-state index contributed by atoms with van der Waals surface area (Å²) in [6.07, 6.45) is 2.89. The molecule has 2 aliphatic rings. The molecule has 1 aromatic carbocycles. The molecule has 10 heteroatoms. The Morgan fingerprint density at radius 2 is 1.56 bits per heavy atom. The maximum Gasteiger partial charge on any atom is 0.243 e. The molecule has 3 rings (SSSR count). The van der Waals surface area contributed by atoms with Crippen LogP contribution in [0.2, 0.25) is 0 Å². The van der Waals surface area contributed by atoms with Crippen LogP contribution in [0.25, 0.3) is 0 Å². The monoisotopic (exact) mass is 409 g/mol. The van der Waals surface area contributed by atoms with Gasteiger partial charge in [-0.2, -0.15) is 4.31 Å². The van der Waals surface area contributed by atoms with Crippen LogP contribution in [-0.2, 0) is 20.0 Å². The van der Waals surface area contributed by atoms with Gasteiger partial charge in [-0.25, -0.2) is 21.6 Å². The predicted octanol–water partition coefficient (Wildman–Crippen LogP) is 0.781. The zero-order chi connectivity index (χ0) is 17.4. The SMILES string of the molecule is CNS(=O)(=O)c1ccc(S(=O)(=O)N2CCC3(CCNCC3)C2)cc1.Cl. The van der Waals surface area contributed by atoms with Crippen molar-refractivity contribution in [3.63, 3.8) is 0 Å². The van der Waals surface area contributed by atoms with Gasteiger partial charge in [0.2, 0.25) is 20.0 Å². The summed E-state index contributed by atoms with van der Waals surface area (Å²) in [4.78, 5) is 0.198. The van der Waals surface area contributed by atoms with E-state index in [1.807, 2.05) is 0 Å². The van der Waals surface area contributed by atoms with Gasteiger partial charge < -0.3 is 5.32 Å². The molecular weight excluding hydrogens is 386 g/mol. The maximum absolute atomic E-state index is 12.8. The zero-order valence-corrected chi connectivity index (χ0v) is 16.5. The normalized spacial score (nSPS) is 21.2. The van der Waals surface area contributed by atoms with Crippen molar-refractivity contribution in [3.8, 4) is 0 Å². The molecule has 2 fully saturated rings. The minimum atomic E-state index is -3.59. The predicted molar refractivity (Wildman–Crippen MR) is 97.8 cm³/mol. The van der Waals surface area contributed by atoms with Gasteiger partial charge in [0.15, 0.2) is 0 Å². The number of nitrogens with zero attached hydrogens (tertiary/aromatic N) is 1. The Morgan fingerprint density at radius 1 is 1.00 bits per heavy atom. The molecule has 2 saturated heterocycles. The third-order valence-corrected chi connectivity index (χ3v) is 8.40. The first-order valence-electron chi connectivity index (χ1n) is 8.04. The molecule has 2 N–H and O–H groups in total. The lowest BCUT2D eigenvalue weighted by molar-refractivity contribution is 0.218. The van der Waals surface area contributed by atoms with Gasteiger partial charge in [-0.15, -0.1) is 12.4 Å². The molecule has 1 aromatic rings. The Hall–Kier alpha value is -0.710. The van der Waals surface area contributed by atoms with Crippen LogP contribution < -0.4 is 10.0 Å². The van der Waals surface area contributed by atoms with E-state index in [4.69, 9.17) is 0 Å². The van der Waals surface area contributed by atoms with Crippen LogP contribution in [-0.4, -0.2) is 54.4 Å². The smallest absolute Gasteiger partial charge is 0.243 e. The number of halogens is 1. The van der Waals surface area contributed by atoms with Gasteiger partial charge in [0.05, 0.1) is 9.79 Å². The number of hydrogen-bond acceptors (Lipinski definition) is 5. The second-order valence-corrected chi connectivity index (χ2v) is 10.3. The summed E-state index contributed by atoms with van der Waals surface area (Å²) in [6, 6.07) is 5.39. The van der Waals surface area contributed by atoms with Crippen molar-refractivity contribution in [3.05, 3.63) is 24.3 Å². The highest BCUT2D eigenvalue weighted by Crippen LogP contribution is 2.40. The lowest BCUT2D eigenvalue weighted by Gasteiger charge is -2.33. The average molecular weight is 410 g/mol. The van der Waals surface area contributed by atoms with E-state index in [9.17, 15) is 16.8 Å². The molecule has 0 bridgehead atoms. The third kappa shape index (κ3) is 4.01. The molecule has 0 saturated carbocycles. The Kier molecular flexibility index (Phi) is 6.18. The van der Waals surface area contributed by atoms with Crippen molar-refractivity contribution in [1.29, 1.82) is 0 Å². The lowest BCUT2D eigenvalue weighted by atomic mass is 9.78. The Morgan fingerprint density at radius 3 is 2.12 bits per heavy atom. The maximum atomic E-state index is 12.8. The Bertz CT molecular complexity index is 804. The van der Waals surface area contributed by atoms with Gasteiger partial charge in [0.1, 0.15) is 0 Å². The number of hydrogen-bond donors (Lipinski definition) is 2. The van der Waals surface area contributed by atoms with E-state index >= 15 is 0 Å². The van der Waals surface area contributed by atoms with Crippen LogP contribution in [0.3, 0.4) is 0 Å². The lowest BCUT2D eigenvalue weighted by Crippen LogP contribution is -2.39. The fourth-order valence-electron chi connectivity index (χ4n) is 3.52. The first kappa shape index (κ1) is 20.6. The quantitative estimate of drug-likeness (QED) is 0.766. The largest absolute Gasteiger partial charge is 0.317 e. The number of sulfonamides is 2. The highest BCUT2D eigenvalue weighted by molar-refractivity contribution is 7.89. The molecule has 7 nitrogen and oxygen atoms in total. The van der Waals surface area contributed by atoms with Gasteiger partial charge in [-0.05, 0) is 69.1 Å². The van der Waals surface area contributed by atoms with Crippen molar-refractivity contribution in [2.75, 3.05) is 33.2 Å². The van der Waals surface area contributed by atoms with E-state index < -0.39 is 20.0 Å². The molecule has 1 spiro atoms. The average Bonchev–Trinajstić information content (AvgIpc) is 3.00. The number of rotatable bonds is 4. The standard InChI is InChI=1S/C15H23N3O4S2.ClH/c1-16-23(19,20)13-2-4-14(5-3-13)24(21,22)18-11-8-15(12-18)6-9-17-10-7-15;/h2-5,16-17H,6-12H2,1H3;1H. The molecule has 0 radical (unpaired) electrons. The van der Waals surface area contributed by atoms with Crippen molar-refractivity contribution >= 4 is 32.5 Å². The summed E-state index contributed by atoms with van der Waals surface area (Å²) in [5.74, 6) is 0. The van der Waals surface area contributed by atoms with Crippen molar-refractivity contribution in [2.45, 2.75) is 29.1 Å². The second kappa shape index (κ2) is 7.50. The summed E-state index contributed by atoms with van der Waals surface area (Å²) >= 11 is 0. The minimum absolute atomic E-state index is 0. The number of benzene rings is 1. The van der Waals surface area contributed by atoms with Gasteiger partial charge >= 0.3 is 0 Å². The molecule has 2 heterocycles. The van der Waals surface area contributed by atoms with E-state index in [0.717, 1.165) is 32.4 Å². The first-order chi connectivity index (χ1) is 11.3.